The average Bonchev–Trinajstić information content (AvgIpc) is 2.66. The summed E-state index contributed by atoms with van der Waals surface area (Å²) in [5.74, 6) is -1.49. The predicted molar refractivity (Wildman–Crippen MR) is 102 cm³/mol. The minimum Gasteiger partial charge on any atom is -0.508 e. The van der Waals surface area contributed by atoms with Gasteiger partial charge in [-0.25, -0.2) is 4.79 Å². The molecule has 0 bridgehead atoms. The predicted octanol–water partition coefficient (Wildman–Crippen LogP) is 2.64. The first-order valence-electron chi connectivity index (χ1n) is 8.93. The Hall–Kier alpha value is -2.81. The van der Waals surface area contributed by atoms with Gasteiger partial charge < -0.3 is 15.2 Å². The number of halogens is 3. The van der Waals surface area contributed by atoms with Crippen LogP contribution in [0.1, 0.15) is 18.4 Å². The fourth-order valence-electron chi connectivity index (χ4n) is 2.41. The Morgan fingerprint density at radius 2 is 1.79 bits per heavy atom. The van der Waals surface area contributed by atoms with Gasteiger partial charge in [0.25, 0.3) is 0 Å². The maximum atomic E-state index is 12.6. The Kier molecular flexibility index (Phi) is 9.94. The maximum Gasteiger partial charge on any atom is 0.401 e. The molecular formula is C20H25F3N2O4. The van der Waals surface area contributed by atoms with Gasteiger partial charge >= 0.3 is 12.1 Å². The third-order valence-electron chi connectivity index (χ3n) is 3.85. The van der Waals surface area contributed by atoms with E-state index >= 15 is 0 Å². The lowest BCUT2D eigenvalue weighted by molar-refractivity contribution is -0.147. The number of nitrogens with one attached hydrogen (secondary N) is 2. The number of carbonyl (C=O) groups is 2. The smallest absolute Gasteiger partial charge is 0.401 e. The fourth-order valence-corrected chi connectivity index (χ4v) is 2.41. The third kappa shape index (κ3) is 9.79. The lowest BCUT2D eigenvalue weighted by atomic mass is 10.0. The zero-order chi connectivity index (χ0) is 21.9. The summed E-state index contributed by atoms with van der Waals surface area (Å²) >= 11 is 0. The van der Waals surface area contributed by atoms with Gasteiger partial charge in [0.15, 0.2) is 0 Å². The van der Waals surface area contributed by atoms with E-state index in [0.29, 0.717) is 12.0 Å². The molecule has 160 valence electrons. The Balaban J connectivity index is 2.92. The Bertz CT molecular complexity index is 690. The summed E-state index contributed by atoms with van der Waals surface area (Å²) in [4.78, 5) is 24.8. The first kappa shape index (κ1) is 24.2. The van der Waals surface area contributed by atoms with Crippen molar-refractivity contribution in [1.82, 2.24) is 10.6 Å². The molecule has 1 aromatic carbocycles. The lowest BCUT2D eigenvalue weighted by Crippen LogP contribution is -2.53. The van der Waals surface area contributed by atoms with Gasteiger partial charge in [0, 0.05) is 0 Å². The monoisotopic (exact) mass is 414 g/mol. The third-order valence-corrected chi connectivity index (χ3v) is 3.85. The highest BCUT2D eigenvalue weighted by molar-refractivity contribution is 5.87. The zero-order valence-corrected chi connectivity index (χ0v) is 15.9. The second kappa shape index (κ2) is 11.9. The van der Waals surface area contributed by atoms with Gasteiger partial charge in [0.2, 0.25) is 5.91 Å². The Labute approximate surface area is 167 Å². The topological polar surface area (TPSA) is 87.7 Å². The minimum atomic E-state index is -4.52. The van der Waals surface area contributed by atoms with E-state index in [4.69, 9.17) is 4.74 Å². The summed E-state index contributed by atoms with van der Waals surface area (Å²) in [6.07, 6.45) is -1.08. The van der Waals surface area contributed by atoms with Crippen LogP contribution in [0.25, 0.3) is 0 Å². The van der Waals surface area contributed by atoms with E-state index < -0.39 is 36.7 Å². The van der Waals surface area contributed by atoms with Crippen molar-refractivity contribution in [1.29, 1.82) is 0 Å². The standard InChI is InChI=1S/C20H25F3N2O4/c1-3-5-6-16(19(28)29-11-4-2)25-18(27)17(24-13-20(21,22)23)12-14-7-9-15(26)10-8-14/h3-4,7-10,16-17,24,26H,1-2,5-6,11-13H2,(H,25,27)/t16-,17-/m0/s1. The molecule has 2 atom stereocenters. The maximum absolute atomic E-state index is 12.6. The molecule has 1 amide bonds. The number of aromatic hydroxyl groups is 1. The van der Waals surface area contributed by atoms with Gasteiger partial charge in [0.1, 0.15) is 18.4 Å². The van der Waals surface area contributed by atoms with Crippen LogP contribution in [0, 0.1) is 0 Å². The molecule has 1 aromatic rings. The molecule has 0 saturated heterocycles. The Morgan fingerprint density at radius 3 is 2.34 bits per heavy atom. The van der Waals surface area contributed by atoms with Crippen LogP contribution in [0.4, 0.5) is 13.2 Å². The van der Waals surface area contributed by atoms with Crippen LogP contribution in [-0.4, -0.2) is 48.4 Å². The van der Waals surface area contributed by atoms with Crippen LogP contribution < -0.4 is 10.6 Å². The number of rotatable bonds is 12. The van der Waals surface area contributed by atoms with Crippen LogP contribution >= 0.6 is 0 Å². The number of phenolic OH excluding ortho intramolecular Hbond substituents is 1. The number of allylic oxidation sites excluding steroid dienone is 1. The van der Waals surface area contributed by atoms with E-state index in [9.17, 15) is 27.9 Å². The molecule has 29 heavy (non-hydrogen) atoms. The molecule has 0 unspecified atom stereocenters. The fraction of sp³-hybridized carbons (Fsp3) is 0.400. The Morgan fingerprint density at radius 1 is 1.14 bits per heavy atom. The van der Waals surface area contributed by atoms with Crippen LogP contribution in [0.3, 0.4) is 0 Å². The molecule has 0 aromatic heterocycles. The van der Waals surface area contributed by atoms with Gasteiger partial charge in [-0.3, -0.25) is 10.1 Å². The van der Waals surface area contributed by atoms with Crippen molar-refractivity contribution in [2.24, 2.45) is 0 Å². The summed E-state index contributed by atoms with van der Waals surface area (Å²) < 4.78 is 42.9. The van der Waals surface area contributed by atoms with Gasteiger partial charge in [0.05, 0.1) is 12.6 Å². The molecule has 1 rings (SSSR count). The molecule has 0 aliphatic rings. The molecule has 6 nitrogen and oxygen atoms in total. The van der Waals surface area contributed by atoms with E-state index in [1.54, 1.807) is 6.08 Å². The number of carbonyl (C=O) groups excluding carboxylic acids is 2. The second-order valence-electron chi connectivity index (χ2n) is 6.27. The van der Waals surface area contributed by atoms with E-state index in [1.165, 1.54) is 30.3 Å². The van der Waals surface area contributed by atoms with Gasteiger partial charge in [-0.15, -0.1) is 6.58 Å². The normalized spacial score (nSPS) is 13.2. The SMILES string of the molecule is C=CCC[C@H](NC(=O)[C@H](Cc1ccc(O)cc1)NCC(F)(F)F)C(=O)OCC=C. The summed E-state index contributed by atoms with van der Waals surface area (Å²) in [5.41, 5.74) is 0.537. The van der Waals surface area contributed by atoms with Gasteiger partial charge in [-0.2, -0.15) is 13.2 Å². The number of phenols is 1. The number of amides is 1. The number of hydrogen-bond donors (Lipinski definition) is 3. The van der Waals surface area contributed by atoms with Gasteiger partial charge in [-0.05, 0) is 37.0 Å². The second-order valence-corrected chi connectivity index (χ2v) is 6.27. The number of ether oxygens (including phenoxy) is 1. The molecule has 0 spiro atoms. The largest absolute Gasteiger partial charge is 0.508 e. The summed E-state index contributed by atoms with van der Waals surface area (Å²) in [6.45, 7) is 5.55. The number of benzene rings is 1. The van der Waals surface area contributed by atoms with Crippen molar-refractivity contribution < 1.29 is 32.6 Å². The quantitative estimate of drug-likeness (QED) is 0.362. The number of esters is 1. The number of alkyl halides is 3. The first-order chi connectivity index (χ1) is 13.7. The van der Waals surface area contributed by atoms with E-state index in [1.807, 2.05) is 0 Å². The van der Waals surface area contributed by atoms with Crippen LogP contribution in [0.2, 0.25) is 0 Å². The minimum absolute atomic E-state index is 0.00699. The molecule has 3 N–H and O–H groups in total. The van der Waals surface area contributed by atoms with Crippen molar-refractivity contribution in [3.8, 4) is 5.75 Å². The highest BCUT2D eigenvalue weighted by atomic mass is 19.4. The average molecular weight is 414 g/mol. The van der Waals surface area contributed by atoms with E-state index in [-0.39, 0.29) is 25.2 Å². The van der Waals surface area contributed by atoms with Crippen LogP contribution in [0.5, 0.6) is 5.75 Å². The molecular weight excluding hydrogens is 389 g/mol. The van der Waals surface area contributed by atoms with Crippen LogP contribution in [-0.2, 0) is 20.7 Å². The van der Waals surface area contributed by atoms with Crippen molar-refractivity contribution in [3.63, 3.8) is 0 Å². The van der Waals surface area contributed by atoms with Crippen molar-refractivity contribution >= 4 is 11.9 Å². The van der Waals surface area contributed by atoms with Crippen molar-refractivity contribution in [2.75, 3.05) is 13.2 Å². The van der Waals surface area contributed by atoms with Gasteiger partial charge in [-0.1, -0.05) is 30.9 Å². The first-order valence-corrected chi connectivity index (χ1v) is 8.93. The highest BCUT2D eigenvalue weighted by Crippen LogP contribution is 2.15. The molecule has 9 heteroatoms. The zero-order valence-electron chi connectivity index (χ0n) is 15.9. The lowest BCUT2D eigenvalue weighted by Gasteiger charge is -2.23. The summed E-state index contributed by atoms with van der Waals surface area (Å²) in [6, 6.07) is 3.45. The summed E-state index contributed by atoms with van der Waals surface area (Å²) in [7, 11) is 0. The van der Waals surface area contributed by atoms with E-state index in [2.05, 4.69) is 23.8 Å². The number of hydrogen-bond acceptors (Lipinski definition) is 5. The molecule has 0 aliphatic heterocycles. The molecule has 0 aliphatic carbocycles. The van der Waals surface area contributed by atoms with E-state index in [0.717, 1.165) is 0 Å². The van der Waals surface area contributed by atoms with Crippen molar-refractivity contribution in [3.05, 3.63) is 55.1 Å². The highest BCUT2D eigenvalue weighted by Gasteiger charge is 2.31. The molecule has 0 heterocycles. The summed E-state index contributed by atoms with van der Waals surface area (Å²) in [5, 5.41) is 14.0. The molecule has 0 radical (unpaired) electrons. The molecule has 0 saturated carbocycles. The van der Waals surface area contributed by atoms with Crippen LogP contribution in [0.15, 0.2) is 49.6 Å². The molecule has 0 fully saturated rings. The van der Waals surface area contributed by atoms with Crippen molar-refractivity contribution in [2.45, 2.75) is 37.5 Å².